The van der Waals surface area contributed by atoms with Crippen LogP contribution in [0.4, 0.5) is 0 Å². The Morgan fingerprint density at radius 1 is 0.771 bits per heavy atom. The van der Waals surface area contributed by atoms with E-state index >= 15 is 0 Å². The van der Waals surface area contributed by atoms with Gasteiger partial charge in [-0.1, -0.05) is 64.1 Å². The molecule has 0 bridgehead atoms. The van der Waals surface area contributed by atoms with E-state index in [1.807, 2.05) is 6.07 Å². The third kappa shape index (κ3) is 6.45. The summed E-state index contributed by atoms with van der Waals surface area (Å²) in [6, 6.07) is 25.2. The molecule has 3 aromatic carbocycles. The predicted molar refractivity (Wildman–Crippen MR) is 144 cm³/mol. The van der Waals surface area contributed by atoms with E-state index in [0.717, 1.165) is 54.2 Å². The van der Waals surface area contributed by atoms with Crippen LogP contribution in [0.2, 0.25) is 0 Å². The zero-order valence-electron chi connectivity index (χ0n) is 21.5. The van der Waals surface area contributed by atoms with Gasteiger partial charge in [-0.05, 0) is 78.6 Å². The number of aromatic nitrogens is 2. The van der Waals surface area contributed by atoms with E-state index in [2.05, 4.69) is 99.0 Å². The fraction of sp³-hybridized carbons (Fsp3) is 0.387. The lowest BCUT2D eigenvalue weighted by atomic mass is 9.99. The monoisotopic (exact) mass is 470 g/mol. The van der Waals surface area contributed by atoms with Gasteiger partial charge < -0.3 is 14.0 Å². The van der Waals surface area contributed by atoms with Gasteiger partial charge in [0.25, 0.3) is 0 Å². The Morgan fingerprint density at radius 3 is 2.11 bits per heavy atom. The molecule has 4 aromatic rings. The highest BCUT2D eigenvalue weighted by Crippen LogP contribution is 2.23. The van der Waals surface area contributed by atoms with Gasteiger partial charge in [-0.3, -0.25) is 0 Å². The molecule has 0 saturated carbocycles. The molecular formula is C31H38N2O2. The quantitative estimate of drug-likeness (QED) is 0.196. The molecule has 0 amide bonds. The standard InChI is InChI=1S/C31H38N2O2/c1-5-24(4)26-14-18-27(19-15-26)34-21-9-8-20-33-30-11-7-6-10-29(30)32-31(33)22-35-28-16-12-25(13-17-28)23(2)3/h6-7,10-19,23-24H,5,8-9,20-22H2,1-4H3. The number of aryl methyl sites for hydroxylation is 1. The molecule has 1 atom stereocenters. The van der Waals surface area contributed by atoms with E-state index in [4.69, 9.17) is 14.5 Å². The number of hydrogen-bond donors (Lipinski definition) is 0. The third-order valence-corrected chi connectivity index (χ3v) is 6.75. The lowest BCUT2D eigenvalue weighted by Crippen LogP contribution is -2.09. The number of nitrogens with zero attached hydrogens (tertiary/aromatic N) is 2. The molecule has 4 rings (SSSR count). The minimum absolute atomic E-state index is 0.453. The van der Waals surface area contributed by atoms with Crippen LogP contribution in [0.3, 0.4) is 0 Å². The van der Waals surface area contributed by atoms with Gasteiger partial charge in [0.1, 0.15) is 23.9 Å². The van der Waals surface area contributed by atoms with Gasteiger partial charge in [-0.15, -0.1) is 0 Å². The van der Waals surface area contributed by atoms with Crippen molar-refractivity contribution >= 4 is 11.0 Å². The fourth-order valence-electron chi connectivity index (χ4n) is 4.27. The van der Waals surface area contributed by atoms with Crippen molar-refractivity contribution in [1.29, 1.82) is 0 Å². The van der Waals surface area contributed by atoms with Gasteiger partial charge in [0, 0.05) is 6.54 Å². The number of unbranched alkanes of at least 4 members (excludes halogenated alkanes) is 1. The number of benzene rings is 3. The van der Waals surface area contributed by atoms with E-state index in [-0.39, 0.29) is 0 Å². The Bertz CT molecular complexity index is 1190. The topological polar surface area (TPSA) is 36.3 Å². The van der Waals surface area contributed by atoms with E-state index in [0.29, 0.717) is 25.0 Å². The summed E-state index contributed by atoms with van der Waals surface area (Å²) in [5.41, 5.74) is 4.86. The predicted octanol–water partition coefficient (Wildman–Crippen LogP) is 8.11. The maximum atomic E-state index is 6.11. The molecule has 1 unspecified atom stereocenters. The Morgan fingerprint density at radius 2 is 1.43 bits per heavy atom. The van der Waals surface area contributed by atoms with E-state index in [1.54, 1.807) is 0 Å². The van der Waals surface area contributed by atoms with Crippen LogP contribution in [-0.2, 0) is 13.2 Å². The first-order valence-electron chi connectivity index (χ1n) is 12.9. The highest BCUT2D eigenvalue weighted by atomic mass is 16.5. The molecule has 184 valence electrons. The summed E-state index contributed by atoms with van der Waals surface area (Å²) < 4.78 is 14.4. The number of imidazole rings is 1. The second-order valence-electron chi connectivity index (χ2n) is 9.61. The molecule has 0 aliphatic heterocycles. The van der Waals surface area contributed by atoms with Crippen molar-refractivity contribution in [1.82, 2.24) is 9.55 Å². The van der Waals surface area contributed by atoms with Gasteiger partial charge in [-0.2, -0.15) is 0 Å². The maximum Gasteiger partial charge on any atom is 0.147 e. The van der Waals surface area contributed by atoms with Crippen LogP contribution >= 0.6 is 0 Å². The normalized spacial score (nSPS) is 12.3. The van der Waals surface area contributed by atoms with Gasteiger partial charge >= 0.3 is 0 Å². The summed E-state index contributed by atoms with van der Waals surface area (Å²) in [6.45, 7) is 10.9. The number of para-hydroxylation sites is 2. The summed E-state index contributed by atoms with van der Waals surface area (Å²) >= 11 is 0. The number of rotatable bonds is 12. The van der Waals surface area contributed by atoms with Crippen LogP contribution in [0.1, 0.15) is 75.7 Å². The summed E-state index contributed by atoms with van der Waals surface area (Å²) in [5.74, 6) is 3.89. The van der Waals surface area contributed by atoms with Crippen molar-refractivity contribution in [3.05, 3.63) is 89.7 Å². The Hall–Kier alpha value is -3.27. The molecular weight excluding hydrogens is 432 g/mol. The second-order valence-corrected chi connectivity index (χ2v) is 9.61. The van der Waals surface area contributed by atoms with Crippen LogP contribution in [-0.4, -0.2) is 16.2 Å². The van der Waals surface area contributed by atoms with Gasteiger partial charge in [0.2, 0.25) is 0 Å². The molecule has 0 aliphatic carbocycles. The molecule has 0 saturated heterocycles. The second kappa shape index (κ2) is 11.9. The SMILES string of the molecule is CCC(C)c1ccc(OCCCCn2c(COc3ccc(C(C)C)cc3)nc3ccccc32)cc1. The molecule has 0 radical (unpaired) electrons. The lowest BCUT2D eigenvalue weighted by Gasteiger charge is -2.12. The largest absolute Gasteiger partial charge is 0.494 e. The van der Waals surface area contributed by atoms with Crippen LogP contribution in [0.15, 0.2) is 72.8 Å². The minimum Gasteiger partial charge on any atom is -0.494 e. The Balaban J connectivity index is 1.33. The van der Waals surface area contributed by atoms with Crippen molar-refractivity contribution in [2.24, 2.45) is 0 Å². The molecule has 0 aliphatic rings. The molecule has 4 heteroatoms. The maximum absolute atomic E-state index is 6.11. The zero-order chi connectivity index (χ0) is 24.6. The smallest absolute Gasteiger partial charge is 0.147 e. The van der Waals surface area contributed by atoms with Crippen molar-refractivity contribution in [3.63, 3.8) is 0 Å². The van der Waals surface area contributed by atoms with E-state index < -0.39 is 0 Å². The summed E-state index contributed by atoms with van der Waals surface area (Å²) in [7, 11) is 0. The van der Waals surface area contributed by atoms with Gasteiger partial charge in [-0.25, -0.2) is 4.98 Å². The van der Waals surface area contributed by atoms with Crippen molar-refractivity contribution in [2.45, 2.75) is 71.9 Å². The zero-order valence-corrected chi connectivity index (χ0v) is 21.5. The Labute approximate surface area is 209 Å². The summed E-state index contributed by atoms with van der Waals surface area (Å²) in [6.07, 6.45) is 3.15. The van der Waals surface area contributed by atoms with Crippen molar-refractivity contribution in [3.8, 4) is 11.5 Å². The first-order valence-corrected chi connectivity index (χ1v) is 12.9. The fourth-order valence-corrected chi connectivity index (χ4v) is 4.27. The molecule has 0 spiro atoms. The highest BCUT2D eigenvalue weighted by molar-refractivity contribution is 5.75. The molecule has 0 fully saturated rings. The number of hydrogen-bond acceptors (Lipinski definition) is 3. The Kier molecular flexibility index (Phi) is 8.46. The van der Waals surface area contributed by atoms with Crippen LogP contribution in [0.5, 0.6) is 11.5 Å². The number of fused-ring (bicyclic) bond motifs is 1. The molecule has 35 heavy (non-hydrogen) atoms. The van der Waals surface area contributed by atoms with E-state index in [1.165, 1.54) is 11.1 Å². The minimum atomic E-state index is 0.453. The highest BCUT2D eigenvalue weighted by Gasteiger charge is 2.11. The van der Waals surface area contributed by atoms with Crippen LogP contribution in [0, 0.1) is 0 Å². The average Bonchev–Trinajstić information content (AvgIpc) is 3.24. The van der Waals surface area contributed by atoms with Crippen LogP contribution in [0.25, 0.3) is 11.0 Å². The first kappa shape index (κ1) is 24.8. The van der Waals surface area contributed by atoms with Crippen molar-refractivity contribution in [2.75, 3.05) is 6.61 Å². The third-order valence-electron chi connectivity index (χ3n) is 6.75. The molecule has 1 aromatic heterocycles. The molecule has 4 nitrogen and oxygen atoms in total. The van der Waals surface area contributed by atoms with Gasteiger partial charge in [0.15, 0.2) is 0 Å². The first-order chi connectivity index (χ1) is 17.0. The molecule has 0 N–H and O–H groups in total. The van der Waals surface area contributed by atoms with Crippen molar-refractivity contribution < 1.29 is 9.47 Å². The lowest BCUT2D eigenvalue weighted by molar-refractivity contribution is 0.285. The number of ether oxygens (including phenoxy) is 2. The molecule has 1 heterocycles. The van der Waals surface area contributed by atoms with Crippen LogP contribution < -0.4 is 9.47 Å². The summed E-state index contributed by atoms with van der Waals surface area (Å²) in [5, 5.41) is 0. The average molecular weight is 471 g/mol. The van der Waals surface area contributed by atoms with Gasteiger partial charge in [0.05, 0.1) is 17.6 Å². The summed E-state index contributed by atoms with van der Waals surface area (Å²) in [4.78, 5) is 4.86. The van der Waals surface area contributed by atoms with E-state index in [9.17, 15) is 0 Å².